The molecule has 2 N–H and O–H groups in total. The average Bonchev–Trinajstić information content (AvgIpc) is 2.57. The van der Waals surface area contributed by atoms with E-state index in [0.29, 0.717) is 32.3 Å². The van der Waals surface area contributed by atoms with Crippen molar-refractivity contribution in [2.45, 2.75) is 77.3 Å². The highest BCUT2D eigenvalue weighted by Crippen LogP contribution is 2.83. The van der Waals surface area contributed by atoms with Crippen molar-refractivity contribution in [1.29, 1.82) is 0 Å². The van der Waals surface area contributed by atoms with E-state index in [4.69, 9.17) is 9.47 Å². The Labute approximate surface area is 158 Å². The van der Waals surface area contributed by atoms with Crippen LogP contribution in [0.15, 0.2) is 11.1 Å². The molecule has 4 aliphatic carbocycles. The number of aliphatic hydroxyl groups excluding tert-OH is 1. The van der Waals surface area contributed by atoms with E-state index < -0.39 is 40.0 Å². The smallest absolute Gasteiger partial charge is 0.303 e. The lowest BCUT2D eigenvalue weighted by molar-refractivity contribution is -0.385. The van der Waals surface area contributed by atoms with Crippen LogP contribution in [0.5, 0.6) is 0 Å². The molecule has 4 fully saturated rings. The Balaban J connectivity index is 1.80. The fourth-order valence-electron chi connectivity index (χ4n) is 7.82. The molecule has 1 saturated heterocycles. The standard InChI is InChI=1S/C21H28O6/c1-10-5-6-20(25)9-21-12-8-26-13(12)7-14(23)18(21,3)17(24)16(27-11(2)22)15(10)19(20,21)4/h12-14,16,23,25H,5-9H2,1-4H3/t12-,13-,14+,16-,18?,19+,20-,21?/m1/s1. The Morgan fingerprint density at radius 2 is 2.04 bits per heavy atom. The van der Waals surface area contributed by atoms with Gasteiger partial charge >= 0.3 is 5.97 Å². The molecule has 5 rings (SSSR count). The third kappa shape index (κ3) is 1.56. The number of carbonyl (C=O) groups is 2. The molecule has 1 heterocycles. The van der Waals surface area contributed by atoms with E-state index in [9.17, 15) is 19.8 Å². The van der Waals surface area contributed by atoms with Crippen molar-refractivity contribution in [2.75, 3.05) is 6.61 Å². The largest absolute Gasteiger partial charge is 0.450 e. The number of carbonyl (C=O) groups excluding carboxylic acids is 2. The van der Waals surface area contributed by atoms with Gasteiger partial charge in [0.05, 0.1) is 29.8 Å². The average molecular weight is 376 g/mol. The Bertz CT molecular complexity index is 802. The molecule has 0 bridgehead atoms. The molecule has 0 aromatic carbocycles. The third-order valence-corrected chi connectivity index (χ3v) is 9.22. The lowest BCUT2D eigenvalue weighted by atomic mass is 9.22. The minimum atomic E-state index is -1.07. The van der Waals surface area contributed by atoms with E-state index in [1.165, 1.54) is 6.92 Å². The van der Waals surface area contributed by atoms with E-state index in [1.807, 2.05) is 20.8 Å². The van der Waals surface area contributed by atoms with Crippen molar-refractivity contribution in [3.05, 3.63) is 11.1 Å². The van der Waals surface area contributed by atoms with E-state index in [2.05, 4.69) is 0 Å². The number of ketones is 1. The summed E-state index contributed by atoms with van der Waals surface area (Å²) in [6, 6.07) is 0. The first-order valence-electron chi connectivity index (χ1n) is 9.98. The van der Waals surface area contributed by atoms with Crippen LogP contribution in [0.3, 0.4) is 0 Å². The molecule has 0 amide bonds. The normalized spacial score (nSPS) is 55.6. The second kappa shape index (κ2) is 4.84. The SMILES string of the molecule is CC(=O)O[C@H]1C(=O)C2(C)[C@@H](O)C[C@H]3OC[C@H]3C23C[C@]2(O)CCC(C)=C1[C@]32C. The summed E-state index contributed by atoms with van der Waals surface area (Å²) in [6.45, 7) is 7.70. The molecule has 1 spiro atoms. The monoisotopic (exact) mass is 376 g/mol. The zero-order valence-electron chi connectivity index (χ0n) is 16.4. The molecule has 8 atom stereocenters. The first-order chi connectivity index (χ1) is 12.5. The number of esters is 1. The van der Waals surface area contributed by atoms with Crippen molar-refractivity contribution >= 4 is 11.8 Å². The molecule has 6 heteroatoms. The summed E-state index contributed by atoms with van der Waals surface area (Å²) in [5, 5.41) is 22.7. The number of aliphatic hydroxyl groups is 2. The van der Waals surface area contributed by atoms with Crippen LogP contribution in [0, 0.1) is 22.2 Å². The fraction of sp³-hybridized carbons (Fsp3) is 0.810. The summed E-state index contributed by atoms with van der Waals surface area (Å²) >= 11 is 0. The Hall–Kier alpha value is -1.24. The van der Waals surface area contributed by atoms with Crippen LogP contribution in [-0.4, -0.2) is 52.5 Å². The van der Waals surface area contributed by atoms with Gasteiger partial charge in [-0.3, -0.25) is 9.59 Å². The number of hydrogen-bond donors (Lipinski definition) is 2. The van der Waals surface area contributed by atoms with Gasteiger partial charge in [-0.2, -0.15) is 0 Å². The molecule has 0 radical (unpaired) electrons. The molecule has 6 nitrogen and oxygen atoms in total. The predicted octanol–water partition coefficient (Wildman–Crippen LogP) is 1.52. The highest BCUT2D eigenvalue weighted by atomic mass is 16.5. The van der Waals surface area contributed by atoms with Gasteiger partial charge in [-0.15, -0.1) is 0 Å². The van der Waals surface area contributed by atoms with Crippen molar-refractivity contribution in [2.24, 2.45) is 22.2 Å². The molecule has 27 heavy (non-hydrogen) atoms. The second-order valence-electron chi connectivity index (χ2n) is 9.78. The van der Waals surface area contributed by atoms with Gasteiger partial charge in [-0.05, 0) is 38.7 Å². The predicted molar refractivity (Wildman–Crippen MR) is 94.6 cm³/mol. The van der Waals surface area contributed by atoms with E-state index >= 15 is 0 Å². The summed E-state index contributed by atoms with van der Waals surface area (Å²) in [5.41, 5.74) is -1.49. The molecule has 2 unspecified atom stereocenters. The van der Waals surface area contributed by atoms with Crippen molar-refractivity contribution in [3.8, 4) is 0 Å². The molecule has 3 saturated carbocycles. The molecular weight excluding hydrogens is 348 g/mol. The van der Waals surface area contributed by atoms with Crippen LogP contribution in [0.25, 0.3) is 0 Å². The third-order valence-electron chi connectivity index (χ3n) is 9.22. The Morgan fingerprint density at radius 3 is 2.63 bits per heavy atom. The maximum Gasteiger partial charge on any atom is 0.303 e. The van der Waals surface area contributed by atoms with Crippen molar-refractivity contribution in [1.82, 2.24) is 0 Å². The maximum absolute atomic E-state index is 13.8. The van der Waals surface area contributed by atoms with Crippen LogP contribution >= 0.6 is 0 Å². The summed E-state index contributed by atoms with van der Waals surface area (Å²) in [7, 11) is 0. The minimum Gasteiger partial charge on any atom is -0.450 e. The number of ether oxygens (including phenoxy) is 2. The van der Waals surface area contributed by atoms with Crippen LogP contribution in [0.2, 0.25) is 0 Å². The second-order valence-corrected chi connectivity index (χ2v) is 9.78. The molecule has 1 aliphatic heterocycles. The van der Waals surface area contributed by atoms with E-state index in [-0.39, 0.29) is 17.8 Å². The molecule has 5 aliphatic rings. The lowest BCUT2D eigenvalue weighted by Crippen LogP contribution is -2.88. The molecule has 0 aromatic rings. The Morgan fingerprint density at radius 1 is 1.33 bits per heavy atom. The van der Waals surface area contributed by atoms with Crippen LogP contribution in [0.4, 0.5) is 0 Å². The van der Waals surface area contributed by atoms with Crippen LogP contribution in [0.1, 0.15) is 53.4 Å². The van der Waals surface area contributed by atoms with Gasteiger partial charge in [0.1, 0.15) is 0 Å². The lowest BCUT2D eigenvalue weighted by Gasteiger charge is -2.82. The Kier molecular flexibility index (Phi) is 3.19. The molecule has 0 aromatic heterocycles. The summed E-state index contributed by atoms with van der Waals surface area (Å²) < 4.78 is 11.3. The highest BCUT2D eigenvalue weighted by Gasteiger charge is 2.88. The quantitative estimate of drug-likeness (QED) is 0.532. The zero-order chi connectivity index (χ0) is 19.6. The number of rotatable bonds is 1. The zero-order valence-corrected chi connectivity index (χ0v) is 16.4. The van der Waals surface area contributed by atoms with Gasteiger partial charge in [-0.25, -0.2) is 0 Å². The molecule has 148 valence electrons. The van der Waals surface area contributed by atoms with E-state index in [0.717, 1.165) is 11.1 Å². The summed E-state index contributed by atoms with van der Waals surface area (Å²) in [5.74, 6) is -0.609. The first-order valence-corrected chi connectivity index (χ1v) is 9.98. The number of fused-ring (bicyclic) bond motifs is 1. The number of hydrogen-bond acceptors (Lipinski definition) is 6. The van der Waals surface area contributed by atoms with Crippen molar-refractivity contribution in [3.63, 3.8) is 0 Å². The summed E-state index contributed by atoms with van der Waals surface area (Å²) in [6.07, 6.45) is 0.242. The van der Waals surface area contributed by atoms with Crippen LogP contribution in [-0.2, 0) is 19.1 Å². The number of Topliss-reactive ketones (excluding diaryl/α,β-unsaturated/α-hetero) is 1. The number of allylic oxidation sites excluding steroid dienone is 1. The van der Waals surface area contributed by atoms with Gasteiger partial charge in [-0.1, -0.05) is 12.5 Å². The maximum atomic E-state index is 13.8. The first kappa shape index (κ1) is 17.8. The minimum absolute atomic E-state index is 0.0731. The van der Waals surface area contributed by atoms with E-state index in [1.54, 1.807) is 0 Å². The fourth-order valence-corrected chi connectivity index (χ4v) is 7.82. The van der Waals surface area contributed by atoms with Crippen molar-refractivity contribution < 1.29 is 29.3 Å². The van der Waals surface area contributed by atoms with Gasteiger partial charge in [0.15, 0.2) is 11.9 Å². The van der Waals surface area contributed by atoms with Crippen LogP contribution < -0.4 is 0 Å². The summed E-state index contributed by atoms with van der Waals surface area (Å²) in [4.78, 5) is 25.6. The topological polar surface area (TPSA) is 93.1 Å². The highest BCUT2D eigenvalue weighted by molar-refractivity contribution is 5.97. The molecular formula is C21H28O6. The van der Waals surface area contributed by atoms with Gasteiger partial charge < -0.3 is 19.7 Å². The van der Waals surface area contributed by atoms with Gasteiger partial charge in [0.2, 0.25) is 0 Å². The van der Waals surface area contributed by atoms with Gasteiger partial charge in [0, 0.05) is 30.1 Å². The van der Waals surface area contributed by atoms with Gasteiger partial charge in [0.25, 0.3) is 0 Å².